The predicted octanol–water partition coefficient (Wildman–Crippen LogP) is 2.59. The molecular formula is C24H30N6O5. The van der Waals surface area contributed by atoms with E-state index in [-0.39, 0.29) is 23.6 Å². The molecule has 0 aliphatic rings. The van der Waals surface area contributed by atoms with E-state index in [9.17, 15) is 19.5 Å². The van der Waals surface area contributed by atoms with Gasteiger partial charge in [0.25, 0.3) is 5.91 Å². The SMILES string of the molecule is CCN(CC)c1ccc(C(=O)N[C@@H](CCC(=O)O)C(=O)O)c(N)c1C(C)c1c[nH]c2ncncc12. The van der Waals surface area contributed by atoms with Crippen LogP contribution in [0, 0.1) is 0 Å². The highest BCUT2D eigenvalue weighted by Crippen LogP contribution is 2.40. The zero-order chi connectivity index (χ0) is 25.7. The quantitative estimate of drug-likeness (QED) is 0.257. The number of benzene rings is 1. The first-order valence-corrected chi connectivity index (χ1v) is 11.4. The van der Waals surface area contributed by atoms with Gasteiger partial charge in [-0.25, -0.2) is 14.8 Å². The van der Waals surface area contributed by atoms with Crippen LogP contribution in [0.2, 0.25) is 0 Å². The number of carboxylic acids is 2. The summed E-state index contributed by atoms with van der Waals surface area (Å²) in [5.41, 5.74) is 10.1. The minimum absolute atomic E-state index is 0.125. The van der Waals surface area contributed by atoms with Crippen molar-refractivity contribution in [1.29, 1.82) is 0 Å². The van der Waals surface area contributed by atoms with Gasteiger partial charge in [0, 0.05) is 54.5 Å². The Labute approximate surface area is 202 Å². The van der Waals surface area contributed by atoms with Crippen LogP contribution in [0.5, 0.6) is 0 Å². The largest absolute Gasteiger partial charge is 0.481 e. The average molecular weight is 483 g/mol. The van der Waals surface area contributed by atoms with Crippen LogP contribution >= 0.6 is 0 Å². The molecule has 0 saturated carbocycles. The van der Waals surface area contributed by atoms with Crippen molar-refractivity contribution in [3.63, 3.8) is 0 Å². The predicted molar refractivity (Wildman–Crippen MR) is 132 cm³/mol. The number of aliphatic carboxylic acids is 2. The van der Waals surface area contributed by atoms with Crippen molar-refractivity contribution < 1.29 is 24.6 Å². The number of carboxylic acid groups (broad SMARTS) is 2. The van der Waals surface area contributed by atoms with Gasteiger partial charge in [0.15, 0.2) is 0 Å². The van der Waals surface area contributed by atoms with Crippen LogP contribution in [0.3, 0.4) is 0 Å². The van der Waals surface area contributed by atoms with Gasteiger partial charge < -0.3 is 31.1 Å². The lowest BCUT2D eigenvalue weighted by Gasteiger charge is -2.29. The fraction of sp³-hybridized carbons (Fsp3) is 0.375. The topological polar surface area (TPSA) is 175 Å². The van der Waals surface area contributed by atoms with E-state index in [1.54, 1.807) is 12.3 Å². The van der Waals surface area contributed by atoms with E-state index in [0.717, 1.165) is 22.2 Å². The first-order chi connectivity index (χ1) is 16.7. The van der Waals surface area contributed by atoms with Gasteiger partial charge in [-0.05, 0) is 38.0 Å². The number of hydrogen-bond donors (Lipinski definition) is 5. The number of carbonyl (C=O) groups is 3. The molecule has 11 heteroatoms. The third-order valence-electron chi connectivity index (χ3n) is 6.15. The number of hydrogen-bond acceptors (Lipinski definition) is 7. The Morgan fingerprint density at radius 2 is 1.91 bits per heavy atom. The Balaban J connectivity index is 2.07. The molecule has 186 valence electrons. The van der Waals surface area contributed by atoms with Gasteiger partial charge in [0.05, 0.1) is 11.3 Å². The highest BCUT2D eigenvalue weighted by atomic mass is 16.4. The summed E-state index contributed by atoms with van der Waals surface area (Å²) in [5.74, 6) is -3.39. The molecule has 0 aliphatic carbocycles. The van der Waals surface area contributed by atoms with E-state index >= 15 is 0 Å². The van der Waals surface area contributed by atoms with E-state index in [2.05, 4.69) is 25.2 Å². The smallest absolute Gasteiger partial charge is 0.326 e. The fourth-order valence-electron chi connectivity index (χ4n) is 4.27. The number of nitrogen functional groups attached to an aromatic ring is 1. The molecule has 0 fully saturated rings. The van der Waals surface area contributed by atoms with Crippen molar-refractivity contribution >= 4 is 40.3 Å². The number of nitrogens with one attached hydrogen (secondary N) is 2. The molecule has 2 heterocycles. The van der Waals surface area contributed by atoms with Crippen LogP contribution in [0.4, 0.5) is 11.4 Å². The summed E-state index contributed by atoms with van der Waals surface area (Å²) in [6.45, 7) is 7.45. The maximum Gasteiger partial charge on any atom is 0.326 e. The Bertz CT molecular complexity index is 1240. The molecule has 3 rings (SSSR count). The fourth-order valence-corrected chi connectivity index (χ4v) is 4.27. The number of rotatable bonds is 11. The highest BCUT2D eigenvalue weighted by molar-refractivity contribution is 6.02. The number of fused-ring (bicyclic) bond motifs is 1. The van der Waals surface area contributed by atoms with Gasteiger partial charge in [0.1, 0.15) is 18.0 Å². The first-order valence-electron chi connectivity index (χ1n) is 11.4. The molecule has 1 amide bonds. The summed E-state index contributed by atoms with van der Waals surface area (Å²) in [6.07, 6.45) is 4.38. The third-order valence-corrected chi connectivity index (χ3v) is 6.15. The molecule has 2 atom stereocenters. The Kier molecular flexibility index (Phi) is 7.90. The number of nitrogens with two attached hydrogens (primary N) is 1. The number of aromatic amines is 1. The lowest BCUT2D eigenvalue weighted by atomic mass is 9.88. The van der Waals surface area contributed by atoms with Crippen LogP contribution in [0.15, 0.2) is 30.9 Å². The second kappa shape index (κ2) is 10.9. The minimum Gasteiger partial charge on any atom is -0.481 e. The monoisotopic (exact) mass is 482 g/mol. The van der Waals surface area contributed by atoms with E-state index in [1.165, 1.54) is 6.33 Å². The number of aromatic nitrogens is 3. The molecule has 35 heavy (non-hydrogen) atoms. The van der Waals surface area contributed by atoms with E-state index < -0.39 is 30.3 Å². The van der Waals surface area contributed by atoms with Gasteiger partial charge in [-0.3, -0.25) is 9.59 Å². The van der Waals surface area contributed by atoms with Crippen molar-refractivity contribution in [3.05, 3.63) is 47.5 Å². The van der Waals surface area contributed by atoms with Crippen LogP contribution in [0.1, 0.15) is 61.0 Å². The van der Waals surface area contributed by atoms with Crippen molar-refractivity contribution in [2.75, 3.05) is 23.7 Å². The van der Waals surface area contributed by atoms with Gasteiger partial charge in [-0.2, -0.15) is 0 Å². The molecule has 0 aliphatic heterocycles. The molecule has 6 N–H and O–H groups in total. The second-order valence-electron chi connectivity index (χ2n) is 8.18. The van der Waals surface area contributed by atoms with Gasteiger partial charge >= 0.3 is 11.9 Å². The van der Waals surface area contributed by atoms with E-state index in [1.807, 2.05) is 33.0 Å². The molecule has 0 spiro atoms. The molecule has 2 aromatic heterocycles. The summed E-state index contributed by atoms with van der Waals surface area (Å²) in [6, 6.07) is 2.03. The summed E-state index contributed by atoms with van der Waals surface area (Å²) >= 11 is 0. The summed E-state index contributed by atoms with van der Waals surface area (Å²) in [4.78, 5) is 49.2. The van der Waals surface area contributed by atoms with Crippen molar-refractivity contribution in [1.82, 2.24) is 20.3 Å². The molecule has 0 bridgehead atoms. The van der Waals surface area contributed by atoms with Crippen LogP contribution in [-0.4, -0.2) is 62.1 Å². The number of nitrogens with zero attached hydrogens (tertiary/aromatic N) is 3. The summed E-state index contributed by atoms with van der Waals surface area (Å²) in [5, 5.41) is 21.6. The zero-order valence-corrected chi connectivity index (χ0v) is 19.9. The zero-order valence-electron chi connectivity index (χ0n) is 19.9. The number of anilines is 2. The van der Waals surface area contributed by atoms with Crippen LogP contribution in [0.25, 0.3) is 11.0 Å². The van der Waals surface area contributed by atoms with E-state index in [0.29, 0.717) is 18.7 Å². The third kappa shape index (κ3) is 5.34. The van der Waals surface area contributed by atoms with Crippen molar-refractivity contribution in [2.45, 2.75) is 45.6 Å². The maximum absolute atomic E-state index is 13.1. The normalized spacial score (nSPS) is 12.8. The lowest BCUT2D eigenvalue weighted by Crippen LogP contribution is -2.41. The van der Waals surface area contributed by atoms with E-state index in [4.69, 9.17) is 10.8 Å². The van der Waals surface area contributed by atoms with Gasteiger partial charge in [0.2, 0.25) is 0 Å². The molecule has 3 aromatic rings. The molecular weight excluding hydrogens is 452 g/mol. The number of carbonyl (C=O) groups excluding carboxylic acids is 1. The summed E-state index contributed by atoms with van der Waals surface area (Å²) < 4.78 is 0. The molecule has 11 nitrogen and oxygen atoms in total. The molecule has 0 saturated heterocycles. The van der Waals surface area contributed by atoms with Crippen LogP contribution in [-0.2, 0) is 9.59 Å². The standard InChI is InChI=1S/C24H30N6O5/c1-4-30(5-2)18-8-6-14(23(33)29-17(24(34)35)7-9-19(31)32)21(25)20(18)13(3)15-11-27-22-16(15)10-26-12-28-22/h6,8,10-13,17H,4-5,7,9,25H2,1-3H3,(H,29,33)(H,31,32)(H,34,35)(H,26,27,28)/t13?,17-/m0/s1. The first kappa shape index (κ1) is 25.5. The maximum atomic E-state index is 13.1. The Morgan fingerprint density at radius 3 is 2.54 bits per heavy atom. The molecule has 1 aromatic carbocycles. The molecule has 0 radical (unpaired) electrons. The Hall–Kier alpha value is -4.15. The summed E-state index contributed by atoms with van der Waals surface area (Å²) in [7, 11) is 0. The highest BCUT2D eigenvalue weighted by Gasteiger charge is 2.27. The average Bonchev–Trinajstić information content (AvgIpc) is 3.26. The second-order valence-corrected chi connectivity index (χ2v) is 8.18. The van der Waals surface area contributed by atoms with Crippen molar-refractivity contribution in [3.8, 4) is 0 Å². The number of amides is 1. The minimum atomic E-state index is -1.35. The van der Waals surface area contributed by atoms with Crippen molar-refractivity contribution in [2.24, 2.45) is 0 Å². The Morgan fingerprint density at radius 1 is 1.20 bits per heavy atom. The number of H-pyrrole nitrogens is 1. The van der Waals surface area contributed by atoms with Gasteiger partial charge in [-0.15, -0.1) is 0 Å². The van der Waals surface area contributed by atoms with Crippen LogP contribution < -0.4 is 16.0 Å². The van der Waals surface area contributed by atoms with Gasteiger partial charge in [-0.1, -0.05) is 6.92 Å². The molecule has 1 unspecified atom stereocenters. The lowest BCUT2D eigenvalue weighted by molar-refractivity contribution is -0.140.